The Morgan fingerprint density at radius 3 is 2.28 bits per heavy atom. The summed E-state index contributed by atoms with van der Waals surface area (Å²) < 4.78 is 1.75. The van der Waals surface area contributed by atoms with E-state index in [-0.39, 0.29) is 16.0 Å². The summed E-state index contributed by atoms with van der Waals surface area (Å²) in [6, 6.07) is 12.4. The van der Waals surface area contributed by atoms with E-state index in [1.807, 2.05) is 0 Å². The molecule has 0 amide bonds. The minimum Gasteiger partial charge on any atom is -0.301 e. The summed E-state index contributed by atoms with van der Waals surface area (Å²) in [5.41, 5.74) is 0.800. The molecular formula is C24H36N2O2S. The van der Waals surface area contributed by atoms with E-state index in [0.717, 1.165) is 25.0 Å². The standard InChI is InChI=1S/C24H36N2O2S/c1-19(2)18-24(20(3)4,21-12-8-7-9-13-21)29-17-11-6-5-10-15-26-16-14-22(27)25-23(26)28/h7-9,12-14,16,19-20H,5-6,10-11,15,17-18H2,1-4H3,(H,25,27,28). The molecule has 0 radical (unpaired) electrons. The average Bonchev–Trinajstić information content (AvgIpc) is 2.68. The number of aromatic amines is 1. The summed E-state index contributed by atoms with van der Waals surface area (Å²) in [5.74, 6) is 2.38. The molecule has 0 spiro atoms. The van der Waals surface area contributed by atoms with Gasteiger partial charge in [0.05, 0.1) is 0 Å². The Morgan fingerprint density at radius 2 is 1.66 bits per heavy atom. The first-order valence-electron chi connectivity index (χ1n) is 10.8. The molecule has 0 saturated heterocycles. The average molecular weight is 417 g/mol. The summed E-state index contributed by atoms with van der Waals surface area (Å²) in [5, 5.41) is 0. The van der Waals surface area contributed by atoms with Gasteiger partial charge in [-0.1, -0.05) is 70.9 Å². The van der Waals surface area contributed by atoms with Crippen LogP contribution in [0, 0.1) is 11.8 Å². The molecule has 1 unspecified atom stereocenters. The van der Waals surface area contributed by atoms with Crippen LogP contribution in [0.15, 0.2) is 52.2 Å². The molecule has 2 aromatic rings. The summed E-state index contributed by atoms with van der Waals surface area (Å²) in [6.45, 7) is 10.0. The number of aromatic nitrogens is 2. The van der Waals surface area contributed by atoms with Gasteiger partial charge in [-0.05, 0) is 42.4 Å². The number of hydrogen-bond donors (Lipinski definition) is 1. The lowest BCUT2D eigenvalue weighted by Crippen LogP contribution is -2.31. The van der Waals surface area contributed by atoms with Crippen LogP contribution in [-0.2, 0) is 11.3 Å². The Balaban J connectivity index is 1.85. The van der Waals surface area contributed by atoms with Crippen molar-refractivity contribution in [2.24, 2.45) is 11.8 Å². The third-order valence-corrected chi connectivity index (χ3v) is 7.34. The largest absolute Gasteiger partial charge is 0.328 e. The maximum atomic E-state index is 11.7. The molecule has 0 aliphatic rings. The molecule has 1 aromatic heterocycles. The SMILES string of the molecule is CC(C)CC(SCCCCCCn1ccc(=O)[nH]c1=O)(c1ccccc1)C(C)C. The zero-order valence-corrected chi connectivity index (χ0v) is 19.1. The van der Waals surface area contributed by atoms with Gasteiger partial charge in [0.25, 0.3) is 5.56 Å². The highest BCUT2D eigenvalue weighted by molar-refractivity contribution is 8.00. The lowest BCUT2D eigenvalue weighted by Gasteiger charge is -2.39. The van der Waals surface area contributed by atoms with Gasteiger partial charge < -0.3 is 4.57 Å². The van der Waals surface area contributed by atoms with Crippen LogP contribution in [0.3, 0.4) is 0 Å². The fraction of sp³-hybridized carbons (Fsp3) is 0.583. The Morgan fingerprint density at radius 1 is 0.966 bits per heavy atom. The summed E-state index contributed by atoms with van der Waals surface area (Å²) >= 11 is 2.12. The van der Waals surface area contributed by atoms with E-state index in [2.05, 4.69) is 74.8 Å². The molecule has 0 saturated carbocycles. The number of unbranched alkanes of at least 4 members (excludes halogenated alkanes) is 3. The quantitative estimate of drug-likeness (QED) is 0.470. The van der Waals surface area contributed by atoms with E-state index < -0.39 is 0 Å². The minimum absolute atomic E-state index is 0.165. The highest BCUT2D eigenvalue weighted by atomic mass is 32.2. The number of hydrogen-bond acceptors (Lipinski definition) is 3. The maximum Gasteiger partial charge on any atom is 0.328 e. The lowest BCUT2D eigenvalue weighted by molar-refractivity contribution is 0.367. The third kappa shape index (κ3) is 6.91. The molecule has 0 aliphatic carbocycles. The van der Waals surface area contributed by atoms with Crippen LogP contribution < -0.4 is 11.2 Å². The number of nitrogens with one attached hydrogen (secondary N) is 1. The van der Waals surface area contributed by atoms with Gasteiger partial charge in [0.2, 0.25) is 0 Å². The van der Waals surface area contributed by atoms with Crippen molar-refractivity contribution in [3.05, 3.63) is 69.0 Å². The maximum absolute atomic E-state index is 11.7. The molecule has 1 atom stereocenters. The van der Waals surface area contributed by atoms with Crippen LogP contribution in [0.2, 0.25) is 0 Å². The van der Waals surface area contributed by atoms with Gasteiger partial charge in [0.15, 0.2) is 0 Å². The van der Waals surface area contributed by atoms with Gasteiger partial charge in [-0.15, -0.1) is 0 Å². The van der Waals surface area contributed by atoms with E-state index in [1.54, 1.807) is 10.8 Å². The first kappa shape index (κ1) is 23.5. The van der Waals surface area contributed by atoms with E-state index in [4.69, 9.17) is 0 Å². The highest BCUT2D eigenvalue weighted by Crippen LogP contribution is 2.48. The van der Waals surface area contributed by atoms with Crippen molar-refractivity contribution < 1.29 is 0 Å². The van der Waals surface area contributed by atoms with E-state index in [1.165, 1.54) is 24.5 Å². The van der Waals surface area contributed by atoms with Gasteiger partial charge >= 0.3 is 5.69 Å². The molecule has 1 heterocycles. The number of thioether (sulfide) groups is 1. The van der Waals surface area contributed by atoms with Crippen molar-refractivity contribution in [1.29, 1.82) is 0 Å². The molecule has 0 bridgehead atoms. The summed E-state index contributed by atoms with van der Waals surface area (Å²) in [6.07, 6.45) is 7.17. The molecule has 1 aromatic carbocycles. The Kier molecular flexibility index (Phi) is 9.28. The van der Waals surface area contributed by atoms with Crippen molar-refractivity contribution in [2.75, 3.05) is 5.75 Å². The first-order valence-corrected chi connectivity index (χ1v) is 11.8. The van der Waals surface area contributed by atoms with Crippen molar-refractivity contribution in [3.63, 3.8) is 0 Å². The molecular weight excluding hydrogens is 380 g/mol. The van der Waals surface area contributed by atoms with Gasteiger partial charge in [-0.3, -0.25) is 9.78 Å². The Labute approximate surface area is 179 Å². The normalized spacial score (nSPS) is 13.7. The molecule has 0 fully saturated rings. The van der Waals surface area contributed by atoms with Crippen LogP contribution in [0.4, 0.5) is 0 Å². The second-order valence-electron chi connectivity index (χ2n) is 8.57. The highest BCUT2D eigenvalue weighted by Gasteiger charge is 2.36. The smallest absolute Gasteiger partial charge is 0.301 e. The third-order valence-electron chi connectivity index (χ3n) is 5.46. The molecule has 4 nitrogen and oxygen atoms in total. The number of H-pyrrole nitrogens is 1. The molecule has 5 heteroatoms. The molecule has 0 aliphatic heterocycles. The van der Waals surface area contributed by atoms with Gasteiger partial charge in [-0.2, -0.15) is 11.8 Å². The molecule has 29 heavy (non-hydrogen) atoms. The fourth-order valence-electron chi connectivity index (χ4n) is 3.93. The van der Waals surface area contributed by atoms with Crippen molar-refractivity contribution in [2.45, 2.75) is 71.1 Å². The van der Waals surface area contributed by atoms with Crippen molar-refractivity contribution in [1.82, 2.24) is 9.55 Å². The van der Waals surface area contributed by atoms with Gasteiger partial charge in [0, 0.05) is 23.6 Å². The number of nitrogens with zero attached hydrogens (tertiary/aromatic N) is 1. The number of rotatable bonds is 12. The minimum atomic E-state index is -0.336. The topological polar surface area (TPSA) is 54.9 Å². The monoisotopic (exact) mass is 416 g/mol. The molecule has 160 valence electrons. The Bertz CT molecular complexity index is 842. The zero-order valence-electron chi connectivity index (χ0n) is 18.3. The van der Waals surface area contributed by atoms with Gasteiger partial charge in [-0.25, -0.2) is 4.79 Å². The predicted molar refractivity (Wildman–Crippen MR) is 125 cm³/mol. The number of benzene rings is 1. The first-order chi connectivity index (χ1) is 13.8. The molecule has 2 rings (SSSR count). The van der Waals surface area contributed by atoms with Gasteiger partial charge in [0.1, 0.15) is 0 Å². The van der Waals surface area contributed by atoms with Crippen LogP contribution in [-0.4, -0.2) is 15.3 Å². The fourth-order valence-corrected chi connectivity index (χ4v) is 5.73. The summed E-state index contributed by atoms with van der Waals surface area (Å²) in [4.78, 5) is 25.1. The van der Waals surface area contributed by atoms with Crippen LogP contribution >= 0.6 is 11.8 Å². The van der Waals surface area contributed by atoms with Crippen LogP contribution in [0.25, 0.3) is 0 Å². The van der Waals surface area contributed by atoms with E-state index >= 15 is 0 Å². The second kappa shape index (κ2) is 11.4. The van der Waals surface area contributed by atoms with Crippen molar-refractivity contribution in [3.8, 4) is 0 Å². The van der Waals surface area contributed by atoms with E-state index in [0.29, 0.717) is 18.4 Å². The number of aryl methyl sites for hydroxylation is 1. The van der Waals surface area contributed by atoms with Crippen LogP contribution in [0.1, 0.15) is 65.4 Å². The molecule has 1 N–H and O–H groups in total. The second-order valence-corrected chi connectivity index (χ2v) is 10.00. The summed E-state index contributed by atoms with van der Waals surface area (Å²) in [7, 11) is 0. The predicted octanol–water partition coefficient (Wildman–Crippen LogP) is 5.43. The van der Waals surface area contributed by atoms with Crippen molar-refractivity contribution >= 4 is 11.8 Å². The van der Waals surface area contributed by atoms with E-state index in [9.17, 15) is 9.59 Å². The van der Waals surface area contributed by atoms with Crippen LogP contribution in [0.5, 0.6) is 0 Å². The zero-order chi connectivity index (χ0) is 21.3. The lowest BCUT2D eigenvalue weighted by atomic mass is 9.81. The Hall–Kier alpha value is -1.75.